The summed E-state index contributed by atoms with van der Waals surface area (Å²) < 4.78 is 11.0. The number of rotatable bonds is 8. The van der Waals surface area contributed by atoms with Crippen molar-refractivity contribution in [1.82, 2.24) is 10.2 Å². The van der Waals surface area contributed by atoms with Crippen molar-refractivity contribution in [1.29, 1.82) is 0 Å². The fourth-order valence-electron chi connectivity index (χ4n) is 4.62. The fraction of sp³-hybridized carbons (Fsp3) is 0.480. The lowest BCUT2D eigenvalue weighted by Gasteiger charge is -2.35. The number of amides is 1. The van der Waals surface area contributed by atoms with E-state index in [-0.39, 0.29) is 18.6 Å². The average molecular weight is 424 g/mol. The van der Waals surface area contributed by atoms with Crippen LogP contribution in [-0.4, -0.2) is 57.8 Å². The number of hydrogen-bond donors (Lipinski definition) is 1. The van der Waals surface area contributed by atoms with E-state index >= 15 is 0 Å². The van der Waals surface area contributed by atoms with E-state index in [1.807, 2.05) is 24.3 Å². The van der Waals surface area contributed by atoms with Gasteiger partial charge in [0.15, 0.2) is 18.1 Å². The Morgan fingerprint density at radius 3 is 2.61 bits per heavy atom. The third-order valence-corrected chi connectivity index (χ3v) is 6.37. The molecule has 1 fully saturated rings. The molecule has 2 aliphatic heterocycles. The normalized spacial score (nSPS) is 17.2. The van der Waals surface area contributed by atoms with Gasteiger partial charge < -0.3 is 19.7 Å². The number of nitrogens with one attached hydrogen (secondary N) is 1. The van der Waals surface area contributed by atoms with Crippen molar-refractivity contribution in [2.24, 2.45) is 0 Å². The number of carbonyl (C=O) groups excluding carboxylic acids is 1. The summed E-state index contributed by atoms with van der Waals surface area (Å²) in [5, 5.41) is 3.11. The highest BCUT2D eigenvalue weighted by molar-refractivity contribution is 5.77. The van der Waals surface area contributed by atoms with Crippen LogP contribution in [0.4, 0.5) is 5.69 Å². The molecule has 1 atom stereocenters. The Balaban J connectivity index is 1.41. The van der Waals surface area contributed by atoms with Crippen LogP contribution in [0.25, 0.3) is 0 Å². The van der Waals surface area contributed by atoms with Crippen LogP contribution in [0, 0.1) is 0 Å². The maximum Gasteiger partial charge on any atom is 0.258 e. The molecule has 1 amide bonds. The molecule has 1 unspecified atom stereocenters. The zero-order chi connectivity index (χ0) is 21.6. The first-order chi connectivity index (χ1) is 15.2. The predicted molar refractivity (Wildman–Crippen MR) is 123 cm³/mol. The highest BCUT2D eigenvalue weighted by Crippen LogP contribution is 2.32. The van der Waals surface area contributed by atoms with Gasteiger partial charge in [0.05, 0.1) is 13.2 Å². The second-order valence-corrected chi connectivity index (χ2v) is 8.42. The zero-order valence-corrected chi connectivity index (χ0v) is 18.6. The van der Waals surface area contributed by atoms with Crippen LogP contribution in [-0.2, 0) is 11.2 Å². The van der Waals surface area contributed by atoms with Crippen LogP contribution in [0.2, 0.25) is 0 Å². The van der Waals surface area contributed by atoms with Gasteiger partial charge in [-0.2, -0.15) is 0 Å². The van der Waals surface area contributed by atoms with Gasteiger partial charge in [0.25, 0.3) is 5.91 Å². The van der Waals surface area contributed by atoms with Gasteiger partial charge in [0, 0.05) is 25.8 Å². The van der Waals surface area contributed by atoms with Gasteiger partial charge in [-0.15, -0.1) is 0 Å². The number of piperidine rings is 1. The van der Waals surface area contributed by atoms with Crippen molar-refractivity contribution in [3.63, 3.8) is 0 Å². The molecule has 4 rings (SSSR count). The molecule has 2 aromatic rings. The number of likely N-dealkylation sites (N-methyl/N-ethyl adjacent to an activating group) is 1. The van der Waals surface area contributed by atoms with Gasteiger partial charge in [0.1, 0.15) is 0 Å². The minimum Gasteiger partial charge on any atom is -0.493 e. The molecule has 0 radical (unpaired) electrons. The smallest absolute Gasteiger partial charge is 0.258 e. The van der Waals surface area contributed by atoms with E-state index in [1.54, 1.807) is 7.11 Å². The lowest BCUT2D eigenvalue weighted by Crippen LogP contribution is -2.41. The Morgan fingerprint density at radius 2 is 1.84 bits per heavy atom. The molecule has 1 N–H and O–H groups in total. The minimum atomic E-state index is -0.117. The number of anilines is 1. The van der Waals surface area contributed by atoms with Crippen molar-refractivity contribution in [2.45, 2.75) is 31.7 Å². The molecule has 31 heavy (non-hydrogen) atoms. The van der Waals surface area contributed by atoms with Crippen LogP contribution in [0.5, 0.6) is 11.5 Å². The molecular formula is C25H33N3O3. The van der Waals surface area contributed by atoms with Crippen LogP contribution in [0.15, 0.2) is 42.5 Å². The van der Waals surface area contributed by atoms with E-state index < -0.39 is 0 Å². The Kier molecular flexibility index (Phi) is 6.97. The first kappa shape index (κ1) is 21.5. The van der Waals surface area contributed by atoms with Gasteiger partial charge in [-0.05, 0) is 61.7 Å². The largest absolute Gasteiger partial charge is 0.493 e. The number of ether oxygens (including phenoxy) is 2. The summed E-state index contributed by atoms with van der Waals surface area (Å²) >= 11 is 0. The van der Waals surface area contributed by atoms with Gasteiger partial charge >= 0.3 is 0 Å². The van der Waals surface area contributed by atoms with Gasteiger partial charge in [-0.1, -0.05) is 30.7 Å². The Morgan fingerprint density at radius 1 is 1.06 bits per heavy atom. The number of likely N-dealkylation sites (tertiary alicyclic amines) is 1. The third kappa shape index (κ3) is 5.13. The maximum absolute atomic E-state index is 12.6. The SMILES string of the molecule is COc1ccccc1OCC(=O)NCC(c1ccc2c(c1)CCN2C)N1CCCCC1. The molecule has 6 heteroatoms. The monoisotopic (exact) mass is 423 g/mol. The van der Waals surface area contributed by atoms with E-state index in [9.17, 15) is 4.79 Å². The van der Waals surface area contributed by atoms with Crippen molar-refractivity contribution in [3.05, 3.63) is 53.6 Å². The summed E-state index contributed by atoms with van der Waals surface area (Å²) in [6.45, 7) is 3.79. The number of benzene rings is 2. The lowest BCUT2D eigenvalue weighted by molar-refractivity contribution is -0.123. The summed E-state index contributed by atoms with van der Waals surface area (Å²) in [5.41, 5.74) is 4.03. The Bertz CT molecular complexity index is 895. The molecule has 2 aromatic carbocycles. The first-order valence-corrected chi connectivity index (χ1v) is 11.3. The number of methoxy groups -OCH3 is 1. The van der Waals surface area contributed by atoms with Crippen molar-refractivity contribution in [2.75, 3.05) is 51.8 Å². The molecule has 0 aliphatic carbocycles. The summed E-state index contributed by atoms with van der Waals surface area (Å²) in [6.07, 6.45) is 4.81. The third-order valence-electron chi connectivity index (χ3n) is 6.37. The maximum atomic E-state index is 12.6. The van der Waals surface area contributed by atoms with E-state index in [1.165, 1.54) is 36.1 Å². The summed E-state index contributed by atoms with van der Waals surface area (Å²) in [4.78, 5) is 17.4. The van der Waals surface area contributed by atoms with E-state index in [2.05, 4.69) is 40.4 Å². The van der Waals surface area contributed by atoms with E-state index in [4.69, 9.17) is 9.47 Å². The Labute approximate surface area is 185 Å². The second kappa shape index (κ2) is 10.1. The van der Waals surface area contributed by atoms with Gasteiger partial charge in [-0.3, -0.25) is 9.69 Å². The van der Waals surface area contributed by atoms with Crippen molar-refractivity contribution in [3.8, 4) is 11.5 Å². The summed E-state index contributed by atoms with van der Waals surface area (Å²) in [6, 6.07) is 14.4. The molecule has 2 heterocycles. The molecule has 166 valence electrons. The quantitative estimate of drug-likeness (QED) is 0.705. The number of hydrogen-bond acceptors (Lipinski definition) is 5. The van der Waals surface area contributed by atoms with Gasteiger partial charge in [0.2, 0.25) is 0 Å². The minimum absolute atomic E-state index is 0.0257. The molecule has 0 saturated carbocycles. The van der Waals surface area contributed by atoms with Gasteiger partial charge in [-0.25, -0.2) is 0 Å². The molecular weight excluding hydrogens is 390 g/mol. The number of carbonyl (C=O) groups is 1. The summed E-state index contributed by atoms with van der Waals surface area (Å²) in [5.74, 6) is 1.09. The van der Waals surface area contributed by atoms with Crippen LogP contribution < -0.4 is 19.7 Å². The molecule has 2 aliphatic rings. The summed E-state index contributed by atoms with van der Waals surface area (Å²) in [7, 11) is 3.75. The fourth-order valence-corrected chi connectivity index (χ4v) is 4.62. The zero-order valence-electron chi connectivity index (χ0n) is 18.6. The number of para-hydroxylation sites is 2. The molecule has 0 aromatic heterocycles. The first-order valence-electron chi connectivity index (χ1n) is 11.3. The number of nitrogens with zero attached hydrogens (tertiary/aromatic N) is 2. The highest BCUT2D eigenvalue weighted by Gasteiger charge is 2.25. The van der Waals surface area contributed by atoms with Crippen molar-refractivity contribution >= 4 is 11.6 Å². The van der Waals surface area contributed by atoms with Crippen LogP contribution in [0.3, 0.4) is 0 Å². The standard InChI is InChI=1S/C25H33N3O3/c1-27-15-12-20-16-19(10-11-21(20)27)22(28-13-6-3-7-14-28)17-26-25(29)18-31-24-9-5-4-8-23(24)30-2/h4-5,8-11,16,22H,3,6-7,12-15,17-18H2,1-2H3,(H,26,29). The molecule has 6 nitrogen and oxygen atoms in total. The van der Waals surface area contributed by atoms with E-state index in [0.717, 1.165) is 26.1 Å². The lowest BCUT2D eigenvalue weighted by atomic mass is 9.98. The Hall–Kier alpha value is -2.73. The number of fused-ring (bicyclic) bond motifs is 1. The van der Waals surface area contributed by atoms with Crippen LogP contribution >= 0.6 is 0 Å². The average Bonchev–Trinajstić information content (AvgIpc) is 3.19. The predicted octanol–water partition coefficient (Wildman–Crippen LogP) is 3.41. The molecule has 0 spiro atoms. The van der Waals surface area contributed by atoms with Crippen molar-refractivity contribution < 1.29 is 14.3 Å². The van der Waals surface area contributed by atoms with E-state index in [0.29, 0.717) is 18.0 Å². The van der Waals surface area contributed by atoms with Crippen LogP contribution in [0.1, 0.15) is 36.4 Å². The highest BCUT2D eigenvalue weighted by atomic mass is 16.5. The second-order valence-electron chi connectivity index (χ2n) is 8.42. The molecule has 0 bridgehead atoms. The molecule has 1 saturated heterocycles. The topological polar surface area (TPSA) is 54.0 Å².